The maximum atomic E-state index is 12.6. The number of aromatic nitrogens is 4. The number of halogens is 1. The summed E-state index contributed by atoms with van der Waals surface area (Å²) in [6, 6.07) is 1.98. The molecule has 1 amide bonds. The highest BCUT2D eigenvalue weighted by atomic mass is 79.9. The molecule has 2 aromatic rings. The first-order valence-corrected chi connectivity index (χ1v) is 8.19. The van der Waals surface area contributed by atoms with Crippen molar-refractivity contribution in [3.05, 3.63) is 28.6 Å². The van der Waals surface area contributed by atoms with Crippen LogP contribution in [0.1, 0.15) is 29.4 Å². The molecule has 8 heteroatoms. The van der Waals surface area contributed by atoms with Crippen LogP contribution < -0.4 is 4.74 Å². The van der Waals surface area contributed by atoms with E-state index in [1.807, 2.05) is 15.8 Å². The van der Waals surface area contributed by atoms with Gasteiger partial charge in [-0.1, -0.05) is 0 Å². The van der Waals surface area contributed by atoms with E-state index in [-0.39, 0.29) is 11.9 Å². The molecule has 0 saturated carbocycles. The van der Waals surface area contributed by atoms with Crippen LogP contribution in [0.5, 0.6) is 5.88 Å². The van der Waals surface area contributed by atoms with E-state index in [0.29, 0.717) is 24.7 Å². The zero-order valence-electron chi connectivity index (χ0n) is 12.0. The average molecular weight is 366 g/mol. The minimum atomic E-state index is -0.0285. The van der Waals surface area contributed by atoms with Gasteiger partial charge in [-0.15, -0.1) is 0 Å². The second-order valence-electron chi connectivity index (χ2n) is 5.63. The molecule has 0 radical (unpaired) electrons. The largest absolute Gasteiger partial charge is 0.478 e. The minimum absolute atomic E-state index is 0.0285. The first-order chi connectivity index (χ1) is 10.7. The summed E-state index contributed by atoms with van der Waals surface area (Å²) >= 11 is 3.40. The van der Waals surface area contributed by atoms with Crippen LogP contribution in [-0.4, -0.2) is 50.1 Å². The van der Waals surface area contributed by atoms with Crippen LogP contribution in [0.4, 0.5) is 0 Å². The van der Waals surface area contributed by atoms with Crippen molar-refractivity contribution in [3.63, 3.8) is 0 Å². The second-order valence-corrected chi connectivity index (χ2v) is 6.54. The molecule has 0 spiro atoms. The zero-order valence-corrected chi connectivity index (χ0v) is 13.6. The predicted molar refractivity (Wildman–Crippen MR) is 81.8 cm³/mol. The Morgan fingerprint density at radius 2 is 2.32 bits per heavy atom. The summed E-state index contributed by atoms with van der Waals surface area (Å²) in [5, 5.41) is 8.68. The van der Waals surface area contributed by atoms with E-state index in [2.05, 4.69) is 26.1 Å². The van der Waals surface area contributed by atoms with Gasteiger partial charge in [0.05, 0.1) is 23.3 Å². The number of ether oxygens (including phenoxy) is 1. The summed E-state index contributed by atoms with van der Waals surface area (Å²) in [6.07, 6.45) is 5.55. The van der Waals surface area contributed by atoms with Gasteiger partial charge in [0, 0.05) is 38.3 Å². The molecule has 0 bridgehead atoms. The fourth-order valence-corrected chi connectivity index (χ4v) is 3.29. The Labute approximate surface area is 136 Å². The van der Waals surface area contributed by atoms with E-state index >= 15 is 0 Å². The summed E-state index contributed by atoms with van der Waals surface area (Å²) in [6.45, 7) is 2.89. The Hall–Kier alpha value is -1.83. The molecule has 4 rings (SSSR count). The fraction of sp³-hybridized carbons (Fsp3) is 0.500. The fourth-order valence-electron chi connectivity index (χ4n) is 2.99. The first kappa shape index (κ1) is 13.8. The molecule has 4 heterocycles. The Morgan fingerprint density at radius 1 is 1.41 bits per heavy atom. The number of hydrogen-bond donors (Lipinski definition) is 0. The third kappa shape index (κ3) is 2.41. The number of amides is 1. The van der Waals surface area contributed by atoms with Gasteiger partial charge in [-0.05, 0) is 22.4 Å². The van der Waals surface area contributed by atoms with Crippen molar-refractivity contribution in [2.45, 2.75) is 25.4 Å². The highest BCUT2D eigenvalue weighted by Crippen LogP contribution is 2.25. The topological polar surface area (TPSA) is 65.2 Å². The van der Waals surface area contributed by atoms with Crippen molar-refractivity contribution in [1.82, 2.24) is 24.5 Å². The van der Waals surface area contributed by atoms with E-state index in [1.54, 1.807) is 16.9 Å². The van der Waals surface area contributed by atoms with Gasteiger partial charge < -0.3 is 9.64 Å². The number of fused-ring (bicyclic) bond motifs is 1. The van der Waals surface area contributed by atoms with Gasteiger partial charge in [0.25, 0.3) is 5.91 Å². The van der Waals surface area contributed by atoms with E-state index in [1.165, 1.54) is 0 Å². The molecular weight excluding hydrogens is 350 g/mol. The lowest BCUT2D eigenvalue weighted by molar-refractivity contribution is 0.0780. The van der Waals surface area contributed by atoms with Crippen molar-refractivity contribution in [2.24, 2.45) is 0 Å². The van der Waals surface area contributed by atoms with Crippen molar-refractivity contribution in [3.8, 4) is 5.88 Å². The number of likely N-dealkylation sites (tertiary alicyclic amines) is 1. The van der Waals surface area contributed by atoms with E-state index in [4.69, 9.17) is 4.74 Å². The Morgan fingerprint density at radius 3 is 3.09 bits per heavy atom. The van der Waals surface area contributed by atoms with Gasteiger partial charge in [-0.25, -0.2) is 4.68 Å². The minimum Gasteiger partial charge on any atom is -0.478 e. The molecule has 0 aromatic carbocycles. The Balaban J connectivity index is 1.48. The molecule has 2 aliphatic heterocycles. The van der Waals surface area contributed by atoms with Gasteiger partial charge in [0.1, 0.15) is 0 Å². The maximum Gasteiger partial charge on any atom is 0.274 e. The number of hydrogen-bond acceptors (Lipinski definition) is 4. The molecule has 1 saturated heterocycles. The summed E-state index contributed by atoms with van der Waals surface area (Å²) in [5.74, 6) is 0.667. The monoisotopic (exact) mass is 365 g/mol. The molecular formula is C14H16BrN5O2. The van der Waals surface area contributed by atoms with Gasteiger partial charge in [-0.3, -0.25) is 9.48 Å². The first-order valence-electron chi connectivity index (χ1n) is 7.40. The quantitative estimate of drug-likeness (QED) is 0.812. The van der Waals surface area contributed by atoms with Gasteiger partial charge in [0.2, 0.25) is 5.88 Å². The molecule has 0 N–H and O–H groups in total. The molecule has 116 valence electrons. The number of carbonyl (C=O) groups is 1. The summed E-state index contributed by atoms with van der Waals surface area (Å²) in [5.41, 5.74) is 0.471. The van der Waals surface area contributed by atoms with Crippen molar-refractivity contribution < 1.29 is 9.53 Å². The number of carbonyl (C=O) groups excluding carboxylic acids is 1. The molecule has 1 unspecified atom stereocenters. The summed E-state index contributed by atoms with van der Waals surface area (Å²) < 4.78 is 10.2. The second kappa shape index (κ2) is 5.42. The van der Waals surface area contributed by atoms with Crippen LogP contribution in [-0.2, 0) is 6.54 Å². The third-order valence-corrected chi connectivity index (χ3v) is 4.53. The standard InChI is InChI=1S/C14H16BrN5O2/c15-10-7-16-20(8-10)11-2-4-18(9-11)14(21)12-6-13-19(17-12)3-1-5-22-13/h6-8,11H,1-5,9H2. The van der Waals surface area contributed by atoms with Crippen molar-refractivity contribution >= 4 is 21.8 Å². The Bertz CT molecular complexity index is 686. The van der Waals surface area contributed by atoms with Crippen LogP contribution >= 0.6 is 15.9 Å². The summed E-state index contributed by atoms with van der Waals surface area (Å²) in [7, 11) is 0. The van der Waals surface area contributed by atoms with Crippen LogP contribution in [0.15, 0.2) is 22.9 Å². The zero-order chi connectivity index (χ0) is 15.1. The lowest BCUT2D eigenvalue weighted by Crippen LogP contribution is -2.29. The highest BCUT2D eigenvalue weighted by molar-refractivity contribution is 9.10. The molecule has 1 fully saturated rings. The highest BCUT2D eigenvalue weighted by Gasteiger charge is 2.30. The average Bonchev–Trinajstić information content (AvgIpc) is 3.24. The molecule has 0 aliphatic carbocycles. The smallest absolute Gasteiger partial charge is 0.274 e. The molecule has 1 atom stereocenters. The number of rotatable bonds is 2. The Kier molecular flexibility index (Phi) is 3.40. The molecule has 7 nitrogen and oxygen atoms in total. The normalized spacial score (nSPS) is 20.8. The van der Waals surface area contributed by atoms with Crippen LogP contribution in [0, 0.1) is 0 Å². The lowest BCUT2D eigenvalue weighted by atomic mass is 10.3. The van der Waals surface area contributed by atoms with Crippen molar-refractivity contribution in [1.29, 1.82) is 0 Å². The van der Waals surface area contributed by atoms with E-state index in [9.17, 15) is 4.79 Å². The van der Waals surface area contributed by atoms with E-state index in [0.717, 1.165) is 30.4 Å². The van der Waals surface area contributed by atoms with Gasteiger partial charge >= 0.3 is 0 Å². The van der Waals surface area contributed by atoms with Crippen LogP contribution in [0.25, 0.3) is 0 Å². The molecule has 2 aliphatic rings. The van der Waals surface area contributed by atoms with Crippen LogP contribution in [0.3, 0.4) is 0 Å². The van der Waals surface area contributed by atoms with E-state index < -0.39 is 0 Å². The molecule has 2 aromatic heterocycles. The lowest BCUT2D eigenvalue weighted by Gasteiger charge is -2.15. The predicted octanol–water partition coefficient (Wildman–Crippen LogP) is 1.71. The van der Waals surface area contributed by atoms with Gasteiger partial charge in [0.15, 0.2) is 5.69 Å². The summed E-state index contributed by atoms with van der Waals surface area (Å²) in [4.78, 5) is 14.4. The van der Waals surface area contributed by atoms with Crippen molar-refractivity contribution in [2.75, 3.05) is 19.7 Å². The number of aryl methyl sites for hydroxylation is 1. The number of nitrogens with zero attached hydrogens (tertiary/aromatic N) is 5. The molecule has 22 heavy (non-hydrogen) atoms. The maximum absolute atomic E-state index is 12.6. The SMILES string of the molecule is O=C(c1cc2n(n1)CCCO2)N1CCC(n2cc(Br)cn2)C1. The third-order valence-electron chi connectivity index (χ3n) is 4.12. The van der Waals surface area contributed by atoms with Crippen LogP contribution in [0.2, 0.25) is 0 Å². The van der Waals surface area contributed by atoms with Gasteiger partial charge in [-0.2, -0.15) is 10.2 Å².